The predicted octanol–water partition coefficient (Wildman–Crippen LogP) is 1.71. The number of carbonyl (C=O) groups excluding carboxylic acids is 1. The fourth-order valence-electron chi connectivity index (χ4n) is 0.889. The van der Waals surface area contributed by atoms with Crippen molar-refractivity contribution < 1.29 is 9.53 Å². The van der Waals surface area contributed by atoms with Gasteiger partial charge in [-0.15, -0.1) is 0 Å². The third kappa shape index (κ3) is 2.66. The average Bonchev–Trinajstić information content (AvgIpc) is 2.18. The molecule has 1 rings (SSSR count). The van der Waals surface area contributed by atoms with E-state index >= 15 is 0 Å². The largest absolute Gasteiger partial charge is 0.452 e. The first kappa shape index (κ1) is 9.38. The Balaban J connectivity index is 2.55. The van der Waals surface area contributed by atoms with Crippen molar-refractivity contribution >= 4 is 11.8 Å². The zero-order chi connectivity index (χ0) is 9.68. The Morgan fingerprint density at radius 3 is 2.54 bits per heavy atom. The molecule has 0 saturated carbocycles. The lowest BCUT2D eigenvalue weighted by atomic mass is 10.3. The van der Waals surface area contributed by atoms with E-state index in [4.69, 9.17) is 0 Å². The predicted molar refractivity (Wildman–Crippen MR) is 50.2 cm³/mol. The lowest BCUT2D eigenvalue weighted by Crippen LogP contribution is -2.31. The van der Waals surface area contributed by atoms with E-state index < -0.39 is 6.09 Å². The van der Waals surface area contributed by atoms with E-state index in [2.05, 4.69) is 10.2 Å². The molecule has 0 unspecified atom stereocenters. The summed E-state index contributed by atoms with van der Waals surface area (Å²) in [5.74, 6) is 0. The zero-order valence-electron chi connectivity index (χ0n) is 7.65. The standard InChI is InChI=1S/C9H12N2O2/c1-11(9(12)13-2)10-8-6-4-3-5-7-8/h3-7,10H,1-2H3. The van der Waals surface area contributed by atoms with Crippen molar-refractivity contribution in [3.05, 3.63) is 30.3 Å². The fourth-order valence-corrected chi connectivity index (χ4v) is 0.889. The summed E-state index contributed by atoms with van der Waals surface area (Å²) in [4.78, 5) is 11.0. The minimum atomic E-state index is -0.427. The van der Waals surface area contributed by atoms with E-state index in [1.807, 2.05) is 30.3 Å². The van der Waals surface area contributed by atoms with Crippen LogP contribution in [0.5, 0.6) is 0 Å². The summed E-state index contributed by atoms with van der Waals surface area (Å²) in [6, 6.07) is 9.39. The highest BCUT2D eigenvalue weighted by molar-refractivity contribution is 5.69. The molecule has 0 heterocycles. The number of hydrogen-bond acceptors (Lipinski definition) is 3. The summed E-state index contributed by atoms with van der Waals surface area (Å²) in [5, 5.41) is 1.27. The van der Waals surface area contributed by atoms with Gasteiger partial charge in [0.15, 0.2) is 0 Å². The van der Waals surface area contributed by atoms with Crippen LogP contribution in [0.2, 0.25) is 0 Å². The molecule has 0 aromatic heterocycles. The van der Waals surface area contributed by atoms with E-state index in [9.17, 15) is 4.79 Å². The molecule has 0 aliphatic carbocycles. The molecule has 0 saturated heterocycles. The van der Waals surface area contributed by atoms with Crippen molar-refractivity contribution in [1.29, 1.82) is 0 Å². The van der Waals surface area contributed by atoms with Crippen LogP contribution in [0.1, 0.15) is 0 Å². The highest BCUT2D eigenvalue weighted by atomic mass is 16.5. The van der Waals surface area contributed by atoms with Gasteiger partial charge in [0.05, 0.1) is 12.8 Å². The Bertz CT molecular complexity index is 274. The Morgan fingerprint density at radius 2 is 2.00 bits per heavy atom. The van der Waals surface area contributed by atoms with E-state index in [0.29, 0.717) is 0 Å². The van der Waals surface area contributed by atoms with Crippen LogP contribution in [-0.4, -0.2) is 25.3 Å². The summed E-state index contributed by atoms with van der Waals surface area (Å²) in [6.45, 7) is 0. The highest BCUT2D eigenvalue weighted by Gasteiger charge is 2.06. The number of nitrogens with zero attached hydrogens (tertiary/aromatic N) is 1. The highest BCUT2D eigenvalue weighted by Crippen LogP contribution is 2.05. The van der Waals surface area contributed by atoms with Crippen LogP contribution in [0.25, 0.3) is 0 Å². The maximum atomic E-state index is 11.0. The van der Waals surface area contributed by atoms with Gasteiger partial charge in [0.2, 0.25) is 0 Å². The molecule has 0 aliphatic heterocycles. The number of para-hydroxylation sites is 1. The van der Waals surface area contributed by atoms with Gasteiger partial charge < -0.3 is 4.74 Å². The quantitative estimate of drug-likeness (QED) is 0.704. The molecular formula is C9H12N2O2. The minimum Gasteiger partial charge on any atom is -0.452 e. The second-order valence-corrected chi connectivity index (χ2v) is 2.51. The second-order valence-electron chi connectivity index (χ2n) is 2.51. The molecule has 0 radical (unpaired) electrons. The number of anilines is 1. The Kier molecular flexibility index (Phi) is 3.14. The first-order valence-corrected chi connectivity index (χ1v) is 3.87. The first-order chi connectivity index (χ1) is 6.24. The molecule has 70 valence electrons. The smallest absolute Gasteiger partial charge is 0.428 e. The van der Waals surface area contributed by atoms with Crippen molar-refractivity contribution in [2.75, 3.05) is 19.6 Å². The molecule has 13 heavy (non-hydrogen) atoms. The monoisotopic (exact) mass is 180 g/mol. The number of ether oxygens (including phenoxy) is 1. The van der Waals surface area contributed by atoms with E-state index in [0.717, 1.165) is 5.69 Å². The van der Waals surface area contributed by atoms with Crippen LogP contribution >= 0.6 is 0 Å². The van der Waals surface area contributed by atoms with Gasteiger partial charge in [0.1, 0.15) is 0 Å². The van der Waals surface area contributed by atoms with Crippen LogP contribution in [0, 0.1) is 0 Å². The summed E-state index contributed by atoms with van der Waals surface area (Å²) in [5.41, 5.74) is 3.69. The summed E-state index contributed by atoms with van der Waals surface area (Å²) in [7, 11) is 2.93. The maximum Gasteiger partial charge on any atom is 0.428 e. The van der Waals surface area contributed by atoms with E-state index in [1.165, 1.54) is 12.1 Å². The number of hydrogen-bond donors (Lipinski definition) is 1. The van der Waals surface area contributed by atoms with Gasteiger partial charge >= 0.3 is 6.09 Å². The van der Waals surface area contributed by atoms with Gasteiger partial charge in [-0.2, -0.15) is 0 Å². The van der Waals surface area contributed by atoms with Gasteiger partial charge in [-0.1, -0.05) is 18.2 Å². The van der Waals surface area contributed by atoms with Gasteiger partial charge in [-0.25, -0.2) is 9.80 Å². The van der Waals surface area contributed by atoms with Gasteiger partial charge in [0, 0.05) is 7.05 Å². The number of hydrazine groups is 1. The Labute approximate surface area is 77.1 Å². The Hall–Kier alpha value is -1.71. The van der Waals surface area contributed by atoms with Crippen LogP contribution in [-0.2, 0) is 4.74 Å². The molecule has 0 atom stereocenters. The maximum absolute atomic E-state index is 11.0. The first-order valence-electron chi connectivity index (χ1n) is 3.87. The molecule has 0 spiro atoms. The average molecular weight is 180 g/mol. The number of carbonyl (C=O) groups is 1. The lowest BCUT2D eigenvalue weighted by Gasteiger charge is -2.17. The minimum absolute atomic E-state index is 0.427. The molecule has 4 heteroatoms. The molecular weight excluding hydrogens is 168 g/mol. The third-order valence-corrected chi connectivity index (χ3v) is 1.52. The van der Waals surface area contributed by atoms with E-state index in [1.54, 1.807) is 7.05 Å². The molecule has 0 fully saturated rings. The normalized spacial score (nSPS) is 9.08. The number of methoxy groups -OCH3 is 1. The molecule has 1 amide bonds. The van der Waals surface area contributed by atoms with Crippen molar-refractivity contribution in [2.45, 2.75) is 0 Å². The van der Waals surface area contributed by atoms with Crippen LogP contribution in [0.3, 0.4) is 0 Å². The van der Waals surface area contributed by atoms with Crippen molar-refractivity contribution in [1.82, 2.24) is 5.01 Å². The SMILES string of the molecule is COC(=O)N(C)Nc1ccccc1. The molecule has 1 N–H and O–H groups in total. The summed E-state index contributed by atoms with van der Waals surface area (Å²) < 4.78 is 4.51. The summed E-state index contributed by atoms with van der Waals surface area (Å²) in [6.07, 6.45) is -0.427. The molecule has 0 bridgehead atoms. The van der Waals surface area contributed by atoms with Gasteiger partial charge in [-0.3, -0.25) is 5.43 Å². The van der Waals surface area contributed by atoms with E-state index in [-0.39, 0.29) is 0 Å². The fraction of sp³-hybridized carbons (Fsp3) is 0.222. The Morgan fingerprint density at radius 1 is 1.38 bits per heavy atom. The number of amides is 1. The van der Waals surface area contributed by atoms with Crippen molar-refractivity contribution in [2.24, 2.45) is 0 Å². The molecule has 1 aromatic rings. The van der Waals surface area contributed by atoms with Gasteiger partial charge in [0.25, 0.3) is 0 Å². The molecule has 1 aromatic carbocycles. The number of benzene rings is 1. The van der Waals surface area contributed by atoms with Crippen LogP contribution < -0.4 is 5.43 Å². The van der Waals surface area contributed by atoms with Crippen molar-refractivity contribution in [3.8, 4) is 0 Å². The summed E-state index contributed by atoms with van der Waals surface area (Å²) >= 11 is 0. The third-order valence-electron chi connectivity index (χ3n) is 1.52. The van der Waals surface area contributed by atoms with Crippen LogP contribution in [0.4, 0.5) is 10.5 Å². The topological polar surface area (TPSA) is 41.6 Å². The number of nitrogens with one attached hydrogen (secondary N) is 1. The lowest BCUT2D eigenvalue weighted by molar-refractivity contribution is 0.141. The zero-order valence-corrected chi connectivity index (χ0v) is 7.65. The second kappa shape index (κ2) is 4.35. The van der Waals surface area contributed by atoms with Crippen LogP contribution in [0.15, 0.2) is 30.3 Å². The molecule has 4 nitrogen and oxygen atoms in total. The molecule has 0 aliphatic rings. The van der Waals surface area contributed by atoms with Gasteiger partial charge in [-0.05, 0) is 12.1 Å². The number of rotatable bonds is 2. The van der Waals surface area contributed by atoms with Crippen molar-refractivity contribution in [3.63, 3.8) is 0 Å².